The number of rotatable bonds is 0. The first-order valence-electron chi connectivity index (χ1n) is 1.47. The van der Waals surface area contributed by atoms with Gasteiger partial charge in [0.05, 0.1) is 0 Å². The molecule has 11 heavy (non-hydrogen) atoms. The Morgan fingerprint density at radius 2 is 1.64 bits per heavy atom. The van der Waals surface area contributed by atoms with Gasteiger partial charge in [-0.05, 0) is 12.2 Å². The second-order valence-electron chi connectivity index (χ2n) is 0.833. The number of H-pyrrole nitrogens is 2. The molecule has 58 valence electrons. The van der Waals surface area contributed by atoms with E-state index >= 15 is 0 Å². The summed E-state index contributed by atoms with van der Waals surface area (Å²) in [6.07, 6.45) is 1.50. The molecule has 1 rings (SSSR count). The average molecular weight is 429 g/mol. The van der Waals surface area contributed by atoms with Crippen LogP contribution in [0.25, 0.3) is 0 Å². The summed E-state index contributed by atoms with van der Waals surface area (Å²) in [5.74, 6) is 0. The smallest absolute Gasteiger partial charge is 2.00 e. The van der Waals surface area contributed by atoms with Gasteiger partial charge in [-0.3, -0.25) is 10.2 Å². The molecular formula is C2H3Ce2N3O3S. The van der Waals surface area contributed by atoms with Gasteiger partial charge in [0.15, 0.2) is 0 Å². The van der Waals surface area contributed by atoms with E-state index in [1.165, 1.54) is 6.33 Å². The van der Waals surface area contributed by atoms with E-state index in [2.05, 4.69) is 27.4 Å². The maximum absolute atomic E-state index is 4.55. The molecule has 0 spiro atoms. The topological polar surface area (TPSA) is 130 Å². The van der Waals surface area contributed by atoms with Crippen molar-refractivity contribution in [3.63, 3.8) is 0 Å². The summed E-state index contributed by atoms with van der Waals surface area (Å²) in [5, 5.41) is 5.17. The van der Waals surface area contributed by atoms with Gasteiger partial charge in [0, 0.05) is 0 Å². The number of nitrogens with one attached hydrogen (secondary N) is 2. The Labute approximate surface area is 136 Å². The van der Waals surface area contributed by atoms with Gasteiger partial charge in [0.1, 0.15) is 6.33 Å². The Morgan fingerprint density at radius 3 is 1.73 bits per heavy atom. The van der Waals surface area contributed by atoms with Gasteiger partial charge in [-0.1, -0.05) is 0 Å². The fraction of sp³-hybridized carbons (Fsp3) is 0. The summed E-state index contributed by atoms with van der Waals surface area (Å²) in [5.41, 5.74) is 0. The molecule has 0 fully saturated rings. The van der Waals surface area contributed by atoms with Gasteiger partial charge < -0.3 is 16.4 Å². The second-order valence-corrected chi connectivity index (χ2v) is 1.22. The van der Waals surface area contributed by atoms with Crippen LogP contribution in [-0.4, -0.2) is 15.2 Å². The molecule has 0 bridgehead atoms. The zero-order valence-corrected chi connectivity index (χ0v) is 12.3. The first-order valence-corrected chi connectivity index (χ1v) is 1.88. The third-order valence-electron chi connectivity index (χ3n) is 0.425. The summed E-state index contributed by atoms with van der Waals surface area (Å²) in [7, 11) is 0. The molecule has 1 aromatic heterocycles. The number of aromatic amines is 2. The minimum absolute atomic E-state index is 0. The zero-order chi connectivity index (χ0) is 4.41. The largest absolute Gasteiger partial charge is 3.00 e. The van der Waals surface area contributed by atoms with Crippen molar-refractivity contribution >= 4 is 12.2 Å². The Balaban J connectivity index is -0.0000000240. The first kappa shape index (κ1) is 29.3. The molecule has 0 amide bonds. The van der Waals surface area contributed by atoms with Crippen LogP contribution < -0.4 is 0 Å². The molecule has 0 aliphatic rings. The summed E-state index contributed by atoms with van der Waals surface area (Å²) in [4.78, 5) is 3.62. The molecule has 2 N–H and O–H groups in total. The fourth-order valence-electron chi connectivity index (χ4n) is 0.217. The average Bonchev–Trinajstić information content (AvgIpc) is 1.86. The third kappa shape index (κ3) is 14.8. The van der Waals surface area contributed by atoms with Crippen LogP contribution in [0.2, 0.25) is 0 Å². The van der Waals surface area contributed by atoms with Gasteiger partial charge in [-0.2, -0.15) is 0 Å². The van der Waals surface area contributed by atoms with E-state index in [1.54, 1.807) is 0 Å². The van der Waals surface area contributed by atoms with Crippen molar-refractivity contribution in [2.45, 2.75) is 0 Å². The Bertz CT molecular complexity index is 162. The summed E-state index contributed by atoms with van der Waals surface area (Å²) < 4.78 is 0.495. The van der Waals surface area contributed by atoms with Crippen molar-refractivity contribution in [2.24, 2.45) is 0 Å². The van der Waals surface area contributed by atoms with Crippen molar-refractivity contribution in [1.29, 1.82) is 0 Å². The Hall–Kier alpha value is 1.99. The molecule has 9 heteroatoms. The standard InChI is InChI=1S/C2H3N3S.2Ce.3O/c6-2-3-1-4-5-2;;;;;/h1H,(H2,3,4,5,6);;;;;/q;2*+3;3*-2. The van der Waals surface area contributed by atoms with Crippen molar-refractivity contribution in [3.8, 4) is 0 Å². The molecule has 6 nitrogen and oxygen atoms in total. The normalized spacial score (nSPS) is 4.73. The third-order valence-corrected chi connectivity index (χ3v) is 0.633. The predicted molar refractivity (Wildman–Crippen MR) is 25.8 cm³/mol. The molecule has 0 aliphatic carbocycles. The van der Waals surface area contributed by atoms with E-state index < -0.39 is 0 Å². The van der Waals surface area contributed by atoms with E-state index in [0.29, 0.717) is 4.77 Å². The van der Waals surface area contributed by atoms with Crippen LogP contribution in [-0.2, 0) is 16.4 Å². The molecule has 0 unspecified atom stereocenters. The van der Waals surface area contributed by atoms with E-state index in [9.17, 15) is 0 Å². The number of hydrogen-bond donors (Lipinski definition) is 2. The second kappa shape index (κ2) is 17.9. The molecule has 0 saturated carbocycles. The molecule has 2 radical (unpaired) electrons. The van der Waals surface area contributed by atoms with Crippen LogP contribution in [0.5, 0.6) is 0 Å². The SMILES string of the molecule is S=c1nc[nH][nH]1.[Ce+3].[Ce+3].[O-2].[O-2].[O-2]. The van der Waals surface area contributed by atoms with Crippen LogP contribution in [0.4, 0.5) is 0 Å². The van der Waals surface area contributed by atoms with Crippen molar-refractivity contribution in [2.75, 3.05) is 0 Å². The zero-order valence-electron chi connectivity index (χ0n) is 5.16. The number of nitrogens with zero attached hydrogens (tertiary/aromatic N) is 1. The van der Waals surface area contributed by atoms with E-state index in [1.807, 2.05) is 0 Å². The van der Waals surface area contributed by atoms with Crippen LogP contribution in [0.15, 0.2) is 6.33 Å². The minimum Gasteiger partial charge on any atom is -2.00 e. The quantitative estimate of drug-likeness (QED) is 0.568. The molecule has 1 heterocycles. The maximum Gasteiger partial charge on any atom is 3.00 e. The Kier molecular flexibility index (Phi) is 47.7. The van der Waals surface area contributed by atoms with E-state index in [-0.39, 0.29) is 99.9 Å². The van der Waals surface area contributed by atoms with Crippen LogP contribution in [0.1, 0.15) is 0 Å². The molecule has 1 aromatic rings. The van der Waals surface area contributed by atoms with E-state index in [4.69, 9.17) is 0 Å². The number of hydrogen-bond acceptors (Lipinski definition) is 2. The summed E-state index contributed by atoms with van der Waals surface area (Å²) in [6, 6.07) is 0. The summed E-state index contributed by atoms with van der Waals surface area (Å²) in [6.45, 7) is 0. The molecule has 0 aromatic carbocycles. The monoisotopic (exact) mass is 429 g/mol. The van der Waals surface area contributed by atoms with Crippen LogP contribution in [0.3, 0.4) is 0 Å². The van der Waals surface area contributed by atoms with Gasteiger partial charge >= 0.3 is 83.5 Å². The molecule has 0 saturated heterocycles. The van der Waals surface area contributed by atoms with Crippen LogP contribution >= 0.6 is 12.2 Å². The molecule has 0 atom stereocenters. The Morgan fingerprint density at radius 1 is 1.18 bits per heavy atom. The van der Waals surface area contributed by atoms with Crippen LogP contribution in [0, 0.1) is 88.3 Å². The predicted octanol–water partition coefficient (Wildman–Crippen LogP) is 0.111. The molecular weight excluding hydrogens is 426 g/mol. The minimum atomic E-state index is 0. The summed E-state index contributed by atoms with van der Waals surface area (Å²) >= 11 is 4.55. The van der Waals surface area contributed by atoms with E-state index in [0.717, 1.165) is 0 Å². The van der Waals surface area contributed by atoms with Crippen molar-refractivity contribution in [1.82, 2.24) is 15.2 Å². The number of aromatic nitrogens is 3. The first-order chi connectivity index (χ1) is 2.89. The van der Waals surface area contributed by atoms with Gasteiger partial charge in [-0.25, -0.2) is 4.98 Å². The fourth-order valence-corrected chi connectivity index (χ4v) is 0.329. The molecule has 0 aliphatic heterocycles. The van der Waals surface area contributed by atoms with Crippen molar-refractivity contribution < 1.29 is 99.9 Å². The maximum atomic E-state index is 4.55. The van der Waals surface area contributed by atoms with Crippen molar-refractivity contribution in [3.05, 3.63) is 11.1 Å². The van der Waals surface area contributed by atoms with Gasteiger partial charge in [0.25, 0.3) is 0 Å². The van der Waals surface area contributed by atoms with Gasteiger partial charge in [-0.15, -0.1) is 0 Å². The van der Waals surface area contributed by atoms with Gasteiger partial charge in [0.2, 0.25) is 4.77 Å².